The number of carbonyl (C=O) groups excluding carboxylic acids is 4. The number of hydrogen-bond donors (Lipinski definition) is 1. The van der Waals surface area contributed by atoms with E-state index in [-0.39, 0.29) is 0 Å². The van der Waals surface area contributed by atoms with E-state index < -0.39 is 68.2 Å². The minimum absolute atomic E-state index is 0.722. The standard InChI is InChI=1S/C11H15BrO8/c12-11(17)10(20-6-3-15)9(19-5-2-14)8(7-16)18-4-1-13/h1-3,8-10,16H,4-7H2/t8-,9+,10-/m1/s1/i1D,2D,3D. The number of ether oxygens (including phenoxy) is 3. The molecule has 8 nitrogen and oxygen atoms in total. The summed E-state index contributed by atoms with van der Waals surface area (Å²) in [4.78, 5) is 43.6. The molecule has 0 aliphatic carbocycles. The third-order valence-electron chi connectivity index (χ3n) is 2.08. The highest BCUT2D eigenvalue weighted by molar-refractivity contribution is 9.18. The molecule has 0 aromatic heterocycles. The molecular weight excluding hydrogens is 340 g/mol. The van der Waals surface area contributed by atoms with Crippen molar-refractivity contribution in [2.45, 2.75) is 18.3 Å². The van der Waals surface area contributed by atoms with Gasteiger partial charge >= 0.3 is 0 Å². The van der Waals surface area contributed by atoms with Gasteiger partial charge in [-0.1, -0.05) is 0 Å². The van der Waals surface area contributed by atoms with Gasteiger partial charge in [0.15, 0.2) is 6.10 Å². The van der Waals surface area contributed by atoms with Crippen LogP contribution in [0.25, 0.3) is 0 Å². The van der Waals surface area contributed by atoms with E-state index in [0.29, 0.717) is 0 Å². The number of rotatable bonds is 13. The molecule has 1 N–H and O–H groups in total. The van der Waals surface area contributed by atoms with Crippen molar-refractivity contribution in [1.29, 1.82) is 0 Å². The number of carbonyl (C=O) groups is 4. The zero-order valence-electron chi connectivity index (χ0n) is 13.2. The summed E-state index contributed by atoms with van der Waals surface area (Å²) >= 11 is 2.59. The second-order valence-corrected chi connectivity index (χ2v) is 4.06. The van der Waals surface area contributed by atoms with E-state index in [0.717, 1.165) is 0 Å². The molecular formula is C11H15BrO8. The number of halogens is 1. The molecule has 0 amide bonds. The highest BCUT2D eigenvalue weighted by Crippen LogP contribution is 2.15. The first-order chi connectivity index (χ1) is 10.7. The predicted octanol–water partition coefficient (Wildman–Crippen LogP) is -1.35. The lowest BCUT2D eigenvalue weighted by Crippen LogP contribution is -2.48. The van der Waals surface area contributed by atoms with E-state index >= 15 is 0 Å². The largest absolute Gasteiger partial charge is 0.394 e. The summed E-state index contributed by atoms with van der Waals surface area (Å²) in [5, 5.41) is 9.29. The van der Waals surface area contributed by atoms with Crippen molar-refractivity contribution in [2.24, 2.45) is 0 Å². The van der Waals surface area contributed by atoms with Gasteiger partial charge in [0, 0.05) is 0 Å². The van der Waals surface area contributed by atoms with Crippen molar-refractivity contribution in [2.75, 3.05) is 26.4 Å². The molecule has 20 heavy (non-hydrogen) atoms. The lowest BCUT2D eigenvalue weighted by atomic mass is 10.1. The fourth-order valence-electron chi connectivity index (χ4n) is 1.33. The minimum atomic E-state index is -1.55. The third kappa shape index (κ3) is 6.96. The zero-order valence-corrected chi connectivity index (χ0v) is 11.8. The van der Waals surface area contributed by atoms with Crippen LogP contribution in [0.3, 0.4) is 0 Å². The van der Waals surface area contributed by atoms with Gasteiger partial charge in [-0.2, -0.15) is 0 Å². The molecule has 0 spiro atoms. The van der Waals surface area contributed by atoms with Gasteiger partial charge in [0.05, 0.1) is 6.61 Å². The van der Waals surface area contributed by atoms with E-state index in [1.807, 2.05) is 0 Å². The van der Waals surface area contributed by atoms with Crippen molar-refractivity contribution < 1.29 is 42.6 Å². The van der Waals surface area contributed by atoms with Crippen molar-refractivity contribution >= 4 is 39.4 Å². The van der Waals surface area contributed by atoms with Crippen LogP contribution in [0.5, 0.6) is 0 Å². The van der Waals surface area contributed by atoms with Crippen molar-refractivity contribution in [3.8, 4) is 0 Å². The van der Waals surface area contributed by atoms with E-state index in [4.69, 9.17) is 18.3 Å². The molecule has 0 aromatic rings. The number of aliphatic hydroxyl groups excluding tert-OH is 1. The van der Waals surface area contributed by atoms with Gasteiger partial charge < -0.3 is 33.7 Å². The van der Waals surface area contributed by atoms with Crippen LogP contribution in [0, 0.1) is 0 Å². The van der Waals surface area contributed by atoms with Crippen LogP contribution in [0.2, 0.25) is 0 Å². The minimum Gasteiger partial charge on any atom is -0.394 e. The van der Waals surface area contributed by atoms with Crippen LogP contribution in [0.1, 0.15) is 4.11 Å². The van der Waals surface area contributed by atoms with E-state index in [1.165, 1.54) is 0 Å². The Hall–Kier alpha value is -1.00. The molecule has 0 bridgehead atoms. The summed E-state index contributed by atoms with van der Waals surface area (Å²) in [5.74, 6) is 0. The molecule has 0 fully saturated rings. The molecule has 0 saturated carbocycles. The fourth-order valence-corrected chi connectivity index (χ4v) is 1.72. The molecule has 0 aliphatic heterocycles. The molecule has 0 heterocycles. The topological polar surface area (TPSA) is 116 Å². The van der Waals surface area contributed by atoms with Crippen LogP contribution >= 0.6 is 15.9 Å². The molecule has 0 rings (SSSR count). The molecule has 0 aromatic carbocycles. The molecule has 0 unspecified atom stereocenters. The van der Waals surface area contributed by atoms with Crippen LogP contribution in [-0.4, -0.2) is 73.3 Å². The Kier molecular flexibility index (Phi) is 8.23. The summed E-state index contributed by atoms with van der Waals surface area (Å²) in [7, 11) is 0. The molecule has 114 valence electrons. The summed E-state index contributed by atoms with van der Waals surface area (Å²) in [6.45, 7) is -3.03. The highest BCUT2D eigenvalue weighted by Gasteiger charge is 2.35. The van der Waals surface area contributed by atoms with Gasteiger partial charge in [0.1, 0.15) is 54.9 Å². The lowest BCUT2D eigenvalue weighted by Gasteiger charge is -2.29. The van der Waals surface area contributed by atoms with E-state index in [9.17, 15) is 24.3 Å². The smallest absolute Gasteiger partial charge is 0.229 e. The van der Waals surface area contributed by atoms with Crippen molar-refractivity contribution in [1.82, 2.24) is 0 Å². The number of aliphatic hydroxyl groups is 1. The molecule has 0 aliphatic rings. The summed E-state index contributed by atoms with van der Waals surface area (Å²) in [5.41, 5.74) is 0. The maximum absolute atomic E-state index is 11.6. The highest BCUT2D eigenvalue weighted by atomic mass is 79.9. The monoisotopic (exact) mass is 357 g/mol. The number of hydrogen-bond acceptors (Lipinski definition) is 8. The summed E-state index contributed by atoms with van der Waals surface area (Å²) in [6, 6.07) is 0. The first kappa shape index (κ1) is 14.0. The quantitative estimate of drug-likeness (QED) is 0.317. The van der Waals surface area contributed by atoms with Gasteiger partial charge in [-0.05, 0) is 15.9 Å². The maximum Gasteiger partial charge on any atom is 0.229 e. The lowest BCUT2D eigenvalue weighted by molar-refractivity contribution is -0.161. The average Bonchev–Trinajstić information content (AvgIpc) is 2.43. The van der Waals surface area contributed by atoms with Gasteiger partial charge in [0.2, 0.25) is 4.69 Å². The summed E-state index contributed by atoms with van der Waals surface area (Å²) in [6.07, 6.45) is -7.75. The van der Waals surface area contributed by atoms with Crippen LogP contribution < -0.4 is 0 Å². The fraction of sp³-hybridized carbons (Fsp3) is 0.636. The molecule has 0 radical (unpaired) electrons. The Balaban J connectivity index is 5.22. The van der Waals surface area contributed by atoms with Gasteiger partial charge in [-0.15, -0.1) is 0 Å². The normalized spacial score (nSPS) is 17.2. The van der Waals surface area contributed by atoms with Crippen LogP contribution in [-0.2, 0) is 33.4 Å². The molecule has 9 heteroatoms. The van der Waals surface area contributed by atoms with E-state index in [2.05, 4.69) is 15.9 Å². The number of aldehydes is 3. The second kappa shape index (κ2) is 11.8. The first-order valence-electron chi connectivity index (χ1n) is 6.82. The molecule has 3 atom stereocenters. The Labute approximate surface area is 127 Å². The predicted molar refractivity (Wildman–Crippen MR) is 68.4 cm³/mol. The molecule has 0 saturated heterocycles. The SMILES string of the molecule is [2H]C(=O)CO[C@@H]([C@@H](CO)OCC([2H])=O)[C@@H](OCC([2H])=O)C(=O)Br. The zero-order chi connectivity index (χ0) is 18.0. The third-order valence-corrected chi connectivity index (χ3v) is 2.53. The van der Waals surface area contributed by atoms with Crippen LogP contribution in [0.4, 0.5) is 0 Å². The van der Waals surface area contributed by atoms with E-state index in [1.54, 1.807) is 0 Å². The Morgan fingerprint density at radius 2 is 1.60 bits per heavy atom. The average molecular weight is 358 g/mol. The second-order valence-electron chi connectivity index (χ2n) is 3.28. The Morgan fingerprint density at radius 1 is 1.10 bits per heavy atom. The van der Waals surface area contributed by atoms with Gasteiger partial charge in [0.25, 0.3) is 0 Å². The van der Waals surface area contributed by atoms with Crippen molar-refractivity contribution in [3.05, 3.63) is 0 Å². The first-order valence-corrected chi connectivity index (χ1v) is 6.11. The van der Waals surface area contributed by atoms with Gasteiger partial charge in [-0.25, -0.2) is 0 Å². The Morgan fingerprint density at radius 3 is 2.05 bits per heavy atom. The summed E-state index contributed by atoms with van der Waals surface area (Å²) < 4.78 is 34.3. The van der Waals surface area contributed by atoms with Crippen LogP contribution in [0.15, 0.2) is 0 Å². The Bertz CT molecular complexity index is 447. The van der Waals surface area contributed by atoms with Gasteiger partial charge in [-0.3, -0.25) is 4.79 Å². The maximum atomic E-state index is 11.6. The van der Waals surface area contributed by atoms with Crippen molar-refractivity contribution in [3.63, 3.8) is 0 Å².